The fourth-order valence-electron chi connectivity index (χ4n) is 3.07. The van der Waals surface area contributed by atoms with Crippen molar-refractivity contribution in [3.8, 4) is 0 Å². The Labute approximate surface area is 148 Å². The third kappa shape index (κ3) is 2.50. The SMILES string of the molecule is O=C(Nc1cccc2c1C(=O)c1ccccc1C2=O)c1cccc(F)c1. The minimum Gasteiger partial charge on any atom is -0.321 e. The first kappa shape index (κ1) is 15.9. The Morgan fingerprint density at radius 2 is 1.42 bits per heavy atom. The van der Waals surface area contributed by atoms with E-state index in [4.69, 9.17) is 0 Å². The van der Waals surface area contributed by atoms with Crippen LogP contribution in [0.3, 0.4) is 0 Å². The number of benzene rings is 3. The largest absolute Gasteiger partial charge is 0.321 e. The molecule has 0 aliphatic heterocycles. The molecule has 0 saturated heterocycles. The van der Waals surface area contributed by atoms with Crippen molar-refractivity contribution in [2.45, 2.75) is 0 Å². The van der Waals surface area contributed by atoms with Crippen molar-refractivity contribution in [3.05, 3.63) is 100 Å². The first-order chi connectivity index (χ1) is 12.6. The van der Waals surface area contributed by atoms with E-state index in [0.717, 1.165) is 6.07 Å². The zero-order valence-corrected chi connectivity index (χ0v) is 13.5. The molecule has 1 aliphatic rings. The first-order valence-corrected chi connectivity index (χ1v) is 7.94. The van der Waals surface area contributed by atoms with Crippen molar-refractivity contribution in [1.29, 1.82) is 0 Å². The molecular weight excluding hydrogens is 333 g/mol. The fourth-order valence-corrected chi connectivity index (χ4v) is 3.07. The van der Waals surface area contributed by atoms with E-state index in [1.54, 1.807) is 42.5 Å². The van der Waals surface area contributed by atoms with Gasteiger partial charge >= 0.3 is 0 Å². The third-order valence-electron chi connectivity index (χ3n) is 4.29. The van der Waals surface area contributed by atoms with Crippen LogP contribution in [0.1, 0.15) is 42.2 Å². The number of carbonyl (C=O) groups excluding carboxylic acids is 3. The van der Waals surface area contributed by atoms with Gasteiger partial charge in [0, 0.05) is 22.3 Å². The number of amides is 1. The van der Waals surface area contributed by atoms with Crippen LogP contribution in [-0.2, 0) is 0 Å². The van der Waals surface area contributed by atoms with E-state index in [2.05, 4.69) is 5.32 Å². The molecule has 1 N–H and O–H groups in total. The van der Waals surface area contributed by atoms with Gasteiger partial charge in [-0.3, -0.25) is 14.4 Å². The van der Waals surface area contributed by atoms with Crippen LogP contribution in [-0.4, -0.2) is 17.5 Å². The van der Waals surface area contributed by atoms with Crippen LogP contribution in [0, 0.1) is 5.82 Å². The van der Waals surface area contributed by atoms with Gasteiger partial charge in [0.2, 0.25) is 0 Å². The van der Waals surface area contributed by atoms with E-state index in [9.17, 15) is 18.8 Å². The van der Waals surface area contributed by atoms with E-state index in [1.807, 2.05) is 0 Å². The average molecular weight is 345 g/mol. The Bertz CT molecular complexity index is 1090. The van der Waals surface area contributed by atoms with Crippen molar-refractivity contribution in [2.24, 2.45) is 0 Å². The average Bonchev–Trinajstić information content (AvgIpc) is 2.66. The van der Waals surface area contributed by atoms with Gasteiger partial charge in [-0.15, -0.1) is 0 Å². The molecule has 3 aromatic rings. The molecule has 3 aromatic carbocycles. The molecule has 0 heterocycles. The van der Waals surface area contributed by atoms with Gasteiger partial charge in [0.25, 0.3) is 5.91 Å². The van der Waals surface area contributed by atoms with Gasteiger partial charge in [0.05, 0.1) is 11.3 Å². The second-order valence-electron chi connectivity index (χ2n) is 5.90. The summed E-state index contributed by atoms with van der Waals surface area (Å²) < 4.78 is 13.3. The predicted octanol–water partition coefficient (Wildman–Crippen LogP) is 3.85. The highest BCUT2D eigenvalue weighted by molar-refractivity contribution is 6.30. The van der Waals surface area contributed by atoms with Crippen molar-refractivity contribution < 1.29 is 18.8 Å². The second kappa shape index (κ2) is 6.04. The molecule has 0 atom stereocenters. The van der Waals surface area contributed by atoms with Crippen LogP contribution in [0.15, 0.2) is 66.7 Å². The lowest BCUT2D eigenvalue weighted by Gasteiger charge is -2.20. The van der Waals surface area contributed by atoms with Crippen molar-refractivity contribution in [3.63, 3.8) is 0 Å². The molecule has 0 fully saturated rings. The van der Waals surface area contributed by atoms with Crippen LogP contribution >= 0.6 is 0 Å². The lowest BCUT2D eigenvalue weighted by Crippen LogP contribution is -2.23. The molecule has 1 amide bonds. The molecule has 0 radical (unpaired) electrons. The normalized spacial score (nSPS) is 12.3. The predicted molar refractivity (Wildman–Crippen MR) is 94.1 cm³/mol. The summed E-state index contributed by atoms with van der Waals surface area (Å²) in [6.07, 6.45) is 0. The number of nitrogens with one attached hydrogen (secondary N) is 1. The van der Waals surface area contributed by atoms with Gasteiger partial charge in [-0.05, 0) is 24.3 Å². The van der Waals surface area contributed by atoms with Crippen LogP contribution in [0.5, 0.6) is 0 Å². The number of hydrogen-bond acceptors (Lipinski definition) is 3. The lowest BCUT2D eigenvalue weighted by atomic mass is 9.83. The fraction of sp³-hybridized carbons (Fsp3) is 0. The molecule has 26 heavy (non-hydrogen) atoms. The molecule has 5 heteroatoms. The quantitative estimate of drug-likeness (QED) is 0.600. The van der Waals surface area contributed by atoms with E-state index < -0.39 is 11.7 Å². The maximum Gasteiger partial charge on any atom is 0.255 e. The molecular formula is C21H12FNO3. The number of fused-ring (bicyclic) bond motifs is 2. The lowest BCUT2D eigenvalue weighted by molar-refractivity contribution is 0.0978. The minimum absolute atomic E-state index is 0.123. The zero-order valence-electron chi connectivity index (χ0n) is 13.5. The molecule has 0 bridgehead atoms. The van der Waals surface area contributed by atoms with Gasteiger partial charge in [-0.25, -0.2) is 4.39 Å². The van der Waals surface area contributed by atoms with Crippen LogP contribution in [0.4, 0.5) is 10.1 Å². The van der Waals surface area contributed by atoms with E-state index in [0.29, 0.717) is 11.1 Å². The number of ketones is 2. The second-order valence-corrected chi connectivity index (χ2v) is 5.90. The molecule has 4 nitrogen and oxygen atoms in total. The van der Waals surface area contributed by atoms with Gasteiger partial charge in [0.15, 0.2) is 11.6 Å². The Kier molecular flexibility index (Phi) is 3.69. The Balaban J connectivity index is 1.78. The number of halogens is 1. The summed E-state index contributed by atoms with van der Waals surface area (Å²) in [7, 11) is 0. The standard InChI is InChI=1S/C21H12FNO3/c22-13-6-3-5-12(11-13)21(26)23-17-10-4-9-16-18(17)20(25)15-8-2-1-7-14(15)19(16)24/h1-11H,(H,23,26). The minimum atomic E-state index is -0.558. The summed E-state index contributed by atoms with van der Waals surface area (Å²) in [6.45, 7) is 0. The Morgan fingerprint density at radius 3 is 2.15 bits per heavy atom. The molecule has 0 aromatic heterocycles. The summed E-state index contributed by atoms with van der Waals surface area (Å²) in [6, 6.07) is 16.5. The van der Waals surface area contributed by atoms with E-state index in [-0.39, 0.29) is 33.9 Å². The van der Waals surface area contributed by atoms with Crippen LogP contribution in [0.2, 0.25) is 0 Å². The van der Waals surface area contributed by atoms with Crippen LogP contribution < -0.4 is 5.32 Å². The summed E-state index contributed by atoms with van der Waals surface area (Å²) in [5.74, 6) is -1.69. The smallest absolute Gasteiger partial charge is 0.255 e. The molecule has 0 saturated carbocycles. The molecule has 4 rings (SSSR count). The van der Waals surface area contributed by atoms with E-state index in [1.165, 1.54) is 18.2 Å². The zero-order chi connectivity index (χ0) is 18.3. The first-order valence-electron chi connectivity index (χ1n) is 7.94. The topological polar surface area (TPSA) is 63.2 Å². The number of carbonyl (C=O) groups is 3. The molecule has 0 unspecified atom stereocenters. The molecule has 126 valence electrons. The van der Waals surface area contributed by atoms with Gasteiger partial charge in [0.1, 0.15) is 5.82 Å². The van der Waals surface area contributed by atoms with Gasteiger partial charge < -0.3 is 5.32 Å². The highest BCUT2D eigenvalue weighted by Crippen LogP contribution is 2.32. The highest BCUT2D eigenvalue weighted by atomic mass is 19.1. The highest BCUT2D eigenvalue weighted by Gasteiger charge is 2.31. The molecule has 0 spiro atoms. The summed E-state index contributed by atoms with van der Waals surface area (Å²) >= 11 is 0. The van der Waals surface area contributed by atoms with Crippen molar-refractivity contribution in [2.75, 3.05) is 5.32 Å². The van der Waals surface area contributed by atoms with E-state index >= 15 is 0 Å². The third-order valence-corrected chi connectivity index (χ3v) is 4.29. The Hall–Kier alpha value is -3.60. The van der Waals surface area contributed by atoms with Gasteiger partial charge in [-0.1, -0.05) is 42.5 Å². The summed E-state index contributed by atoms with van der Waals surface area (Å²) in [4.78, 5) is 38.0. The maximum absolute atomic E-state index is 13.3. The maximum atomic E-state index is 13.3. The van der Waals surface area contributed by atoms with Crippen molar-refractivity contribution >= 4 is 23.2 Å². The number of rotatable bonds is 2. The van der Waals surface area contributed by atoms with Crippen LogP contribution in [0.25, 0.3) is 0 Å². The monoisotopic (exact) mass is 345 g/mol. The van der Waals surface area contributed by atoms with Gasteiger partial charge in [-0.2, -0.15) is 0 Å². The van der Waals surface area contributed by atoms with Crippen molar-refractivity contribution in [1.82, 2.24) is 0 Å². The molecule has 1 aliphatic carbocycles. The summed E-state index contributed by atoms with van der Waals surface area (Å²) in [5.41, 5.74) is 1.39. The summed E-state index contributed by atoms with van der Waals surface area (Å²) in [5, 5.41) is 2.62. The number of anilines is 1. The number of hydrogen-bond donors (Lipinski definition) is 1. The Morgan fingerprint density at radius 1 is 0.769 bits per heavy atom.